The molecule has 0 radical (unpaired) electrons. The molecule has 5 heteroatoms. The van der Waals surface area contributed by atoms with Crippen molar-refractivity contribution >= 4 is 11.9 Å². The number of ether oxygens (including phenoxy) is 2. The molecule has 0 saturated heterocycles. The standard InChI is InChI=1S/C8H14O5/c1-5(9)4-7(10)13-8(11)6(2)12-3/h5-6,9H,4H2,1-3H3. The average Bonchev–Trinajstić information content (AvgIpc) is 2.01. The highest BCUT2D eigenvalue weighted by molar-refractivity contribution is 5.87. The summed E-state index contributed by atoms with van der Waals surface area (Å²) < 4.78 is 8.98. The summed E-state index contributed by atoms with van der Waals surface area (Å²) in [6.45, 7) is 2.91. The number of esters is 2. The van der Waals surface area contributed by atoms with Gasteiger partial charge in [-0.15, -0.1) is 0 Å². The Kier molecular flexibility index (Phi) is 5.25. The van der Waals surface area contributed by atoms with Crippen molar-refractivity contribution in [1.29, 1.82) is 0 Å². The van der Waals surface area contributed by atoms with E-state index in [-0.39, 0.29) is 6.42 Å². The molecule has 0 saturated carbocycles. The van der Waals surface area contributed by atoms with E-state index < -0.39 is 24.1 Å². The van der Waals surface area contributed by atoms with Crippen molar-refractivity contribution in [2.24, 2.45) is 0 Å². The molecule has 2 unspecified atom stereocenters. The monoisotopic (exact) mass is 190 g/mol. The molecular weight excluding hydrogens is 176 g/mol. The first kappa shape index (κ1) is 12.1. The lowest BCUT2D eigenvalue weighted by Crippen LogP contribution is -2.26. The zero-order valence-electron chi connectivity index (χ0n) is 7.94. The molecule has 13 heavy (non-hydrogen) atoms. The lowest BCUT2D eigenvalue weighted by atomic mass is 10.3. The third-order valence-electron chi connectivity index (χ3n) is 1.36. The lowest BCUT2D eigenvalue weighted by molar-refractivity contribution is -0.167. The smallest absolute Gasteiger partial charge is 0.342 e. The van der Waals surface area contributed by atoms with Crippen LogP contribution in [0.5, 0.6) is 0 Å². The van der Waals surface area contributed by atoms with E-state index in [4.69, 9.17) is 5.11 Å². The maximum atomic E-state index is 10.9. The van der Waals surface area contributed by atoms with Gasteiger partial charge in [0.05, 0.1) is 12.5 Å². The largest absolute Gasteiger partial charge is 0.393 e. The molecule has 1 N–H and O–H groups in total. The van der Waals surface area contributed by atoms with Gasteiger partial charge in [0.25, 0.3) is 0 Å². The van der Waals surface area contributed by atoms with Crippen LogP contribution in [0.15, 0.2) is 0 Å². The molecule has 0 aromatic carbocycles. The number of methoxy groups -OCH3 is 1. The van der Waals surface area contributed by atoms with E-state index in [9.17, 15) is 9.59 Å². The Morgan fingerprint density at radius 1 is 1.38 bits per heavy atom. The van der Waals surface area contributed by atoms with E-state index in [1.54, 1.807) is 0 Å². The number of aliphatic hydroxyl groups is 1. The van der Waals surface area contributed by atoms with Gasteiger partial charge >= 0.3 is 11.9 Å². The van der Waals surface area contributed by atoms with Gasteiger partial charge in [0.15, 0.2) is 6.10 Å². The van der Waals surface area contributed by atoms with Crippen LogP contribution in [0.1, 0.15) is 20.3 Å². The Labute approximate surface area is 76.6 Å². The third kappa shape index (κ3) is 5.32. The van der Waals surface area contributed by atoms with Crippen molar-refractivity contribution in [1.82, 2.24) is 0 Å². The Hall–Kier alpha value is -0.940. The molecule has 0 amide bonds. The molecule has 0 spiro atoms. The minimum absolute atomic E-state index is 0.192. The summed E-state index contributed by atoms with van der Waals surface area (Å²) >= 11 is 0. The van der Waals surface area contributed by atoms with Gasteiger partial charge in [0.1, 0.15) is 0 Å². The van der Waals surface area contributed by atoms with Crippen LogP contribution in [0.3, 0.4) is 0 Å². The molecule has 2 atom stereocenters. The number of hydrogen-bond acceptors (Lipinski definition) is 5. The first-order chi connectivity index (χ1) is 5.97. The molecule has 0 heterocycles. The molecule has 0 aliphatic rings. The van der Waals surface area contributed by atoms with Crippen LogP contribution in [0.2, 0.25) is 0 Å². The SMILES string of the molecule is COC(C)C(=O)OC(=O)CC(C)O. The highest BCUT2D eigenvalue weighted by Crippen LogP contribution is 1.97. The van der Waals surface area contributed by atoms with Gasteiger partial charge in [-0.05, 0) is 13.8 Å². The summed E-state index contributed by atoms with van der Waals surface area (Å²) in [5.74, 6) is -1.49. The predicted molar refractivity (Wildman–Crippen MR) is 43.9 cm³/mol. The summed E-state index contributed by atoms with van der Waals surface area (Å²) in [4.78, 5) is 21.7. The second-order valence-corrected chi connectivity index (χ2v) is 2.72. The Morgan fingerprint density at radius 2 is 1.92 bits per heavy atom. The highest BCUT2D eigenvalue weighted by atomic mass is 16.6. The van der Waals surface area contributed by atoms with Gasteiger partial charge in [-0.2, -0.15) is 0 Å². The van der Waals surface area contributed by atoms with Crippen LogP contribution < -0.4 is 0 Å². The van der Waals surface area contributed by atoms with Gasteiger partial charge in [-0.3, -0.25) is 4.79 Å². The zero-order chi connectivity index (χ0) is 10.4. The summed E-state index contributed by atoms with van der Waals surface area (Å²) in [6, 6.07) is 0. The summed E-state index contributed by atoms with van der Waals surface area (Å²) in [5.41, 5.74) is 0. The number of hydrogen-bond donors (Lipinski definition) is 1. The molecule has 0 bridgehead atoms. The number of rotatable bonds is 4. The van der Waals surface area contributed by atoms with Crippen LogP contribution in [0.4, 0.5) is 0 Å². The third-order valence-corrected chi connectivity index (χ3v) is 1.36. The van der Waals surface area contributed by atoms with Crippen LogP contribution in [-0.2, 0) is 19.1 Å². The summed E-state index contributed by atoms with van der Waals surface area (Å²) in [6.07, 6.45) is -1.77. The van der Waals surface area contributed by atoms with E-state index in [1.807, 2.05) is 0 Å². The highest BCUT2D eigenvalue weighted by Gasteiger charge is 2.18. The maximum Gasteiger partial charge on any atom is 0.342 e. The van der Waals surface area contributed by atoms with Gasteiger partial charge in [0.2, 0.25) is 0 Å². The molecule has 76 valence electrons. The van der Waals surface area contributed by atoms with Crippen molar-refractivity contribution in [3.8, 4) is 0 Å². The minimum atomic E-state index is -0.807. The Morgan fingerprint density at radius 3 is 2.31 bits per heavy atom. The fourth-order valence-corrected chi connectivity index (χ4v) is 0.574. The van der Waals surface area contributed by atoms with Gasteiger partial charge in [-0.25, -0.2) is 4.79 Å². The fourth-order valence-electron chi connectivity index (χ4n) is 0.574. The lowest BCUT2D eigenvalue weighted by Gasteiger charge is -2.08. The Bertz CT molecular complexity index is 187. The molecule has 0 aromatic heterocycles. The summed E-state index contributed by atoms with van der Waals surface area (Å²) in [7, 11) is 1.34. The first-order valence-corrected chi connectivity index (χ1v) is 3.92. The quantitative estimate of drug-likeness (QED) is 0.493. The first-order valence-electron chi connectivity index (χ1n) is 3.92. The fraction of sp³-hybridized carbons (Fsp3) is 0.750. The average molecular weight is 190 g/mol. The van der Waals surface area contributed by atoms with Crippen LogP contribution >= 0.6 is 0 Å². The summed E-state index contributed by atoms with van der Waals surface area (Å²) in [5, 5.41) is 8.79. The topological polar surface area (TPSA) is 72.8 Å². The van der Waals surface area contributed by atoms with Gasteiger partial charge < -0.3 is 14.6 Å². The van der Waals surface area contributed by atoms with Crippen molar-refractivity contribution < 1.29 is 24.2 Å². The van der Waals surface area contributed by atoms with Crippen LogP contribution in [-0.4, -0.2) is 36.4 Å². The number of carbonyl (C=O) groups excluding carboxylic acids is 2. The normalized spacial score (nSPS) is 14.8. The molecule has 0 aliphatic carbocycles. The molecule has 0 fully saturated rings. The van der Waals surface area contributed by atoms with E-state index in [2.05, 4.69) is 9.47 Å². The minimum Gasteiger partial charge on any atom is -0.393 e. The van der Waals surface area contributed by atoms with E-state index in [0.29, 0.717) is 0 Å². The maximum absolute atomic E-state index is 10.9. The van der Waals surface area contributed by atoms with Crippen LogP contribution in [0.25, 0.3) is 0 Å². The molecule has 0 rings (SSSR count). The van der Waals surface area contributed by atoms with Crippen molar-refractivity contribution in [3.63, 3.8) is 0 Å². The molecule has 0 aliphatic heterocycles. The zero-order valence-corrected chi connectivity index (χ0v) is 7.94. The van der Waals surface area contributed by atoms with Gasteiger partial charge in [-0.1, -0.05) is 0 Å². The Balaban J connectivity index is 3.85. The predicted octanol–water partition coefficient (Wildman–Crippen LogP) is -0.138. The van der Waals surface area contributed by atoms with E-state index in [0.717, 1.165) is 0 Å². The molecule has 5 nitrogen and oxygen atoms in total. The van der Waals surface area contributed by atoms with Crippen molar-refractivity contribution in [3.05, 3.63) is 0 Å². The second-order valence-electron chi connectivity index (χ2n) is 2.72. The van der Waals surface area contributed by atoms with Crippen molar-refractivity contribution in [2.45, 2.75) is 32.5 Å². The van der Waals surface area contributed by atoms with Crippen LogP contribution in [0, 0.1) is 0 Å². The molecular formula is C8H14O5. The second kappa shape index (κ2) is 5.66. The number of carbonyl (C=O) groups is 2. The van der Waals surface area contributed by atoms with Crippen molar-refractivity contribution in [2.75, 3.05) is 7.11 Å². The van der Waals surface area contributed by atoms with E-state index in [1.165, 1.54) is 21.0 Å². The van der Waals surface area contributed by atoms with E-state index >= 15 is 0 Å². The number of aliphatic hydroxyl groups excluding tert-OH is 1. The molecule has 0 aromatic rings. The van der Waals surface area contributed by atoms with Gasteiger partial charge in [0, 0.05) is 7.11 Å².